The summed E-state index contributed by atoms with van der Waals surface area (Å²) in [6, 6.07) is 3.89. The lowest BCUT2D eigenvalue weighted by Gasteiger charge is -1.97. The molecule has 0 aromatic carbocycles. The van der Waals surface area contributed by atoms with E-state index in [-0.39, 0.29) is 5.96 Å². The first-order chi connectivity index (χ1) is 4.79. The lowest BCUT2D eigenvalue weighted by Crippen LogP contribution is -2.27. The molecule has 1 aromatic heterocycles. The standard InChI is InChI=1S/C6H8N3S/c7-6(8)9-4-5-2-1-3-10-5/h1-4H,(H4,7,8,9). The fourth-order valence-corrected chi connectivity index (χ4v) is 1.12. The third-order valence-corrected chi connectivity index (χ3v) is 1.73. The van der Waals surface area contributed by atoms with Crippen LogP contribution in [-0.4, -0.2) is 5.96 Å². The summed E-state index contributed by atoms with van der Waals surface area (Å²) in [5, 5.41) is 11.4. The van der Waals surface area contributed by atoms with Gasteiger partial charge >= 0.3 is 0 Å². The molecule has 3 nitrogen and oxygen atoms in total. The van der Waals surface area contributed by atoms with E-state index in [2.05, 4.69) is 5.32 Å². The van der Waals surface area contributed by atoms with E-state index in [1.807, 2.05) is 17.5 Å². The minimum Gasteiger partial charge on any atom is -0.370 e. The molecule has 0 bridgehead atoms. The maximum Gasteiger partial charge on any atom is 0.186 e. The molecule has 0 saturated carbocycles. The van der Waals surface area contributed by atoms with Gasteiger partial charge in [-0.25, -0.2) is 0 Å². The molecule has 0 fully saturated rings. The van der Waals surface area contributed by atoms with Crippen LogP contribution >= 0.6 is 11.3 Å². The van der Waals surface area contributed by atoms with Crippen molar-refractivity contribution >= 4 is 17.3 Å². The molecule has 1 radical (unpaired) electrons. The van der Waals surface area contributed by atoms with Crippen LogP contribution in [-0.2, 0) is 0 Å². The Hall–Kier alpha value is -1.03. The van der Waals surface area contributed by atoms with Gasteiger partial charge in [-0.1, -0.05) is 6.07 Å². The molecule has 0 amide bonds. The van der Waals surface area contributed by atoms with E-state index in [0.29, 0.717) is 0 Å². The van der Waals surface area contributed by atoms with Gasteiger partial charge in [-0.3, -0.25) is 5.41 Å². The minimum atomic E-state index is -0.0339. The van der Waals surface area contributed by atoms with Crippen molar-refractivity contribution in [2.24, 2.45) is 5.73 Å². The molecule has 4 heteroatoms. The maximum absolute atomic E-state index is 6.84. The molecule has 0 aliphatic rings. The molecule has 1 aromatic rings. The molecule has 1 heterocycles. The SMILES string of the molecule is N=C(N)N[CH]c1cccs1. The van der Waals surface area contributed by atoms with Gasteiger partial charge in [0.05, 0.1) is 6.54 Å². The van der Waals surface area contributed by atoms with Crippen LogP contribution in [0, 0.1) is 12.0 Å². The second-order valence-corrected chi connectivity index (χ2v) is 2.70. The molecular weight excluding hydrogens is 146 g/mol. The van der Waals surface area contributed by atoms with E-state index in [1.165, 1.54) is 0 Å². The number of nitrogens with one attached hydrogen (secondary N) is 2. The third-order valence-electron chi connectivity index (χ3n) is 0.913. The monoisotopic (exact) mass is 154 g/mol. The van der Waals surface area contributed by atoms with Gasteiger partial charge in [0.15, 0.2) is 5.96 Å². The van der Waals surface area contributed by atoms with Crippen molar-refractivity contribution in [1.29, 1.82) is 5.41 Å². The average Bonchev–Trinajstić information content (AvgIpc) is 2.34. The van der Waals surface area contributed by atoms with Crippen LogP contribution in [0.4, 0.5) is 0 Å². The zero-order chi connectivity index (χ0) is 7.40. The number of hydrogen-bond donors (Lipinski definition) is 3. The number of thiophene rings is 1. The second kappa shape index (κ2) is 3.22. The van der Waals surface area contributed by atoms with Gasteiger partial charge in [0.1, 0.15) is 0 Å². The zero-order valence-electron chi connectivity index (χ0n) is 5.29. The number of hydrogen-bond acceptors (Lipinski definition) is 2. The van der Waals surface area contributed by atoms with Gasteiger partial charge < -0.3 is 11.1 Å². The van der Waals surface area contributed by atoms with Crippen molar-refractivity contribution in [3.05, 3.63) is 28.9 Å². The zero-order valence-corrected chi connectivity index (χ0v) is 6.11. The summed E-state index contributed by atoms with van der Waals surface area (Å²) in [7, 11) is 0. The largest absolute Gasteiger partial charge is 0.370 e. The number of rotatable bonds is 2. The van der Waals surface area contributed by atoms with Gasteiger partial charge in [0.2, 0.25) is 0 Å². The molecule has 10 heavy (non-hydrogen) atoms. The lowest BCUT2D eigenvalue weighted by atomic mass is 10.5. The fraction of sp³-hybridized carbons (Fsp3) is 0. The van der Waals surface area contributed by atoms with Crippen LogP contribution in [0.2, 0.25) is 0 Å². The summed E-state index contributed by atoms with van der Waals surface area (Å²) < 4.78 is 0. The van der Waals surface area contributed by atoms with E-state index >= 15 is 0 Å². The van der Waals surface area contributed by atoms with Crippen molar-refractivity contribution in [2.45, 2.75) is 0 Å². The molecule has 0 aliphatic carbocycles. The van der Waals surface area contributed by atoms with Crippen LogP contribution in [0.5, 0.6) is 0 Å². The Bertz CT molecular complexity index is 205. The van der Waals surface area contributed by atoms with E-state index in [1.54, 1.807) is 17.9 Å². The Morgan fingerprint density at radius 3 is 3.10 bits per heavy atom. The first kappa shape index (κ1) is 7.08. The van der Waals surface area contributed by atoms with Crippen LogP contribution in [0.15, 0.2) is 17.5 Å². The molecule has 0 aliphatic heterocycles. The van der Waals surface area contributed by atoms with Gasteiger partial charge in [0.25, 0.3) is 0 Å². The quantitative estimate of drug-likeness (QED) is 0.434. The average molecular weight is 154 g/mol. The summed E-state index contributed by atoms with van der Waals surface area (Å²) in [5.41, 5.74) is 5.05. The molecular formula is C6H8N3S. The van der Waals surface area contributed by atoms with Crippen molar-refractivity contribution in [2.75, 3.05) is 0 Å². The van der Waals surface area contributed by atoms with Crippen molar-refractivity contribution in [3.8, 4) is 0 Å². The summed E-state index contributed by atoms with van der Waals surface area (Å²) >= 11 is 1.59. The third kappa shape index (κ3) is 2.06. The van der Waals surface area contributed by atoms with E-state index in [9.17, 15) is 0 Å². The van der Waals surface area contributed by atoms with Gasteiger partial charge in [-0.15, -0.1) is 11.3 Å². The molecule has 0 unspecified atom stereocenters. The summed E-state index contributed by atoms with van der Waals surface area (Å²) in [5.74, 6) is -0.0339. The molecule has 4 N–H and O–H groups in total. The highest BCUT2D eigenvalue weighted by Gasteiger charge is 1.92. The van der Waals surface area contributed by atoms with Crippen LogP contribution < -0.4 is 11.1 Å². The number of nitrogens with two attached hydrogens (primary N) is 1. The second-order valence-electron chi connectivity index (χ2n) is 1.72. The molecule has 53 valence electrons. The van der Waals surface area contributed by atoms with Crippen LogP contribution in [0.25, 0.3) is 0 Å². The Balaban J connectivity index is 2.35. The maximum atomic E-state index is 6.84. The Morgan fingerprint density at radius 1 is 1.80 bits per heavy atom. The Morgan fingerprint density at radius 2 is 2.60 bits per heavy atom. The highest BCUT2D eigenvalue weighted by Crippen LogP contribution is 2.08. The molecule has 0 saturated heterocycles. The number of guanidine groups is 1. The van der Waals surface area contributed by atoms with Crippen molar-refractivity contribution < 1.29 is 0 Å². The van der Waals surface area contributed by atoms with Crippen molar-refractivity contribution in [1.82, 2.24) is 5.32 Å². The van der Waals surface area contributed by atoms with E-state index in [4.69, 9.17) is 11.1 Å². The highest BCUT2D eigenvalue weighted by atomic mass is 32.1. The molecule has 0 atom stereocenters. The van der Waals surface area contributed by atoms with Gasteiger partial charge in [-0.2, -0.15) is 0 Å². The molecule has 1 rings (SSSR count). The lowest BCUT2D eigenvalue weighted by molar-refractivity contribution is 1.11. The fourth-order valence-electron chi connectivity index (χ4n) is 0.522. The smallest absolute Gasteiger partial charge is 0.186 e. The normalized spacial score (nSPS) is 9.20. The predicted molar refractivity (Wildman–Crippen MR) is 42.8 cm³/mol. The summed E-state index contributed by atoms with van der Waals surface area (Å²) in [6.07, 6.45) is 0. The van der Waals surface area contributed by atoms with E-state index < -0.39 is 0 Å². The highest BCUT2D eigenvalue weighted by molar-refractivity contribution is 7.10. The topological polar surface area (TPSA) is 61.9 Å². The van der Waals surface area contributed by atoms with Crippen LogP contribution in [0.3, 0.4) is 0 Å². The molecule has 0 spiro atoms. The Labute approximate surface area is 63.4 Å². The predicted octanol–water partition coefficient (Wildman–Crippen LogP) is 0.741. The van der Waals surface area contributed by atoms with Gasteiger partial charge in [-0.05, 0) is 11.4 Å². The first-order valence-corrected chi connectivity index (χ1v) is 3.64. The first-order valence-electron chi connectivity index (χ1n) is 2.76. The van der Waals surface area contributed by atoms with Crippen LogP contribution in [0.1, 0.15) is 4.88 Å². The minimum absolute atomic E-state index is 0.0339. The van der Waals surface area contributed by atoms with Gasteiger partial charge in [0, 0.05) is 4.88 Å². The van der Waals surface area contributed by atoms with Crippen molar-refractivity contribution in [3.63, 3.8) is 0 Å². The summed E-state index contributed by atoms with van der Waals surface area (Å²) in [4.78, 5) is 1.07. The van der Waals surface area contributed by atoms with E-state index in [0.717, 1.165) is 4.88 Å². The Kier molecular flexibility index (Phi) is 2.28. The summed E-state index contributed by atoms with van der Waals surface area (Å²) in [6.45, 7) is 1.70.